The maximum atomic E-state index is 12.6. The molecule has 1 aromatic carbocycles. The molecule has 0 spiro atoms. The molecule has 0 heterocycles. The lowest BCUT2D eigenvalue weighted by Gasteiger charge is -2.19. The zero-order valence-corrected chi connectivity index (χ0v) is 17.9. The molecule has 9 heteroatoms. The van der Waals surface area contributed by atoms with E-state index in [1.54, 1.807) is 13.8 Å². The van der Waals surface area contributed by atoms with Crippen LogP contribution >= 0.6 is 11.6 Å². The van der Waals surface area contributed by atoms with E-state index >= 15 is 0 Å². The number of rotatable bonds is 9. The second-order valence-electron chi connectivity index (χ2n) is 6.41. The molecule has 0 aliphatic rings. The minimum absolute atomic E-state index is 0.0504. The fourth-order valence-corrected chi connectivity index (χ4v) is 3.88. The van der Waals surface area contributed by atoms with Crippen LogP contribution in [0.2, 0.25) is 5.02 Å². The van der Waals surface area contributed by atoms with Gasteiger partial charge in [0.05, 0.1) is 15.5 Å². The number of amides is 1. The first-order valence-corrected chi connectivity index (χ1v) is 10.6. The van der Waals surface area contributed by atoms with Crippen LogP contribution in [0.5, 0.6) is 0 Å². The van der Waals surface area contributed by atoms with Crippen molar-refractivity contribution in [1.29, 1.82) is 0 Å². The Morgan fingerprint density at radius 3 is 2.30 bits per heavy atom. The number of sulfonamides is 1. The van der Waals surface area contributed by atoms with Gasteiger partial charge in [-0.1, -0.05) is 39.3 Å². The van der Waals surface area contributed by atoms with Gasteiger partial charge >= 0.3 is 5.97 Å². The van der Waals surface area contributed by atoms with Crippen LogP contribution in [0.1, 0.15) is 45.0 Å². The normalized spacial score (nSPS) is 12.9. The molecule has 0 aromatic heterocycles. The molecule has 152 valence electrons. The lowest BCUT2D eigenvalue weighted by molar-refractivity contribution is -0.125. The summed E-state index contributed by atoms with van der Waals surface area (Å²) in [7, 11) is -3.74. The highest BCUT2D eigenvalue weighted by molar-refractivity contribution is 7.89. The van der Waals surface area contributed by atoms with Crippen molar-refractivity contribution in [2.75, 3.05) is 19.7 Å². The van der Waals surface area contributed by atoms with E-state index in [9.17, 15) is 18.0 Å². The molecule has 1 amide bonds. The molecule has 0 saturated heterocycles. The molecule has 1 atom stereocenters. The summed E-state index contributed by atoms with van der Waals surface area (Å²) in [5.41, 5.74) is -0.102. The van der Waals surface area contributed by atoms with E-state index in [-0.39, 0.29) is 27.4 Å². The summed E-state index contributed by atoms with van der Waals surface area (Å²) in [6.45, 7) is 9.34. The van der Waals surface area contributed by atoms with Crippen molar-refractivity contribution in [3.63, 3.8) is 0 Å². The molecule has 1 rings (SSSR count). The molecule has 0 bridgehead atoms. The molecule has 0 unspecified atom stereocenters. The van der Waals surface area contributed by atoms with Crippen molar-refractivity contribution < 1.29 is 22.7 Å². The van der Waals surface area contributed by atoms with Crippen LogP contribution in [0.25, 0.3) is 0 Å². The van der Waals surface area contributed by atoms with E-state index in [1.165, 1.54) is 22.5 Å². The molecule has 0 fully saturated rings. The number of benzene rings is 1. The van der Waals surface area contributed by atoms with Gasteiger partial charge in [0.2, 0.25) is 10.0 Å². The topological polar surface area (TPSA) is 92.8 Å². The third kappa shape index (κ3) is 6.19. The van der Waals surface area contributed by atoms with Gasteiger partial charge in [-0.2, -0.15) is 4.31 Å². The van der Waals surface area contributed by atoms with Gasteiger partial charge < -0.3 is 10.1 Å². The van der Waals surface area contributed by atoms with Gasteiger partial charge in [-0.15, -0.1) is 0 Å². The Morgan fingerprint density at radius 2 is 1.78 bits per heavy atom. The second-order valence-corrected chi connectivity index (χ2v) is 8.75. The maximum Gasteiger partial charge on any atom is 0.340 e. The molecule has 0 aliphatic carbocycles. The third-order valence-corrected chi connectivity index (χ3v) is 6.60. The number of halogens is 1. The number of hydrogen-bond acceptors (Lipinski definition) is 5. The number of esters is 1. The Labute approximate surface area is 166 Å². The van der Waals surface area contributed by atoms with Crippen LogP contribution in [-0.2, 0) is 19.6 Å². The number of carbonyl (C=O) groups is 2. The summed E-state index contributed by atoms with van der Waals surface area (Å²) in [5.74, 6) is -1.06. The minimum Gasteiger partial charge on any atom is -0.452 e. The Morgan fingerprint density at radius 1 is 1.19 bits per heavy atom. The number of hydrogen-bond donors (Lipinski definition) is 1. The van der Waals surface area contributed by atoms with E-state index in [0.717, 1.165) is 0 Å². The van der Waals surface area contributed by atoms with Gasteiger partial charge in [-0.25, -0.2) is 13.2 Å². The van der Waals surface area contributed by atoms with Crippen molar-refractivity contribution in [1.82, 2.24) is 9.62 Å². The average Bonchev–Trinajstić information content (AvgIpc) is 2.60. The Balaban J connectivity index is 2.94. The zero-order valence-electron chi connectivity index (χ0n) is 16.3. The van der Waals surface area contributed by atoms with Crippen LogP contribution in [0.15, 0.2) is 23.1 Å². The maximum absolute atomic E-state index is 12.6. The average molecular weight is 419 g/mol. The van der Waals surface area contributed by atoms with Crippen molar-refractivity contribution in [2.45, 2.75) is 45.6 Å². The SMILES string of the molecule is CCN(CC)S(=O)(=O)c1ccc(Cl)c(C(=O)OCC(=O)N[C@H](C)C(C)C)c1. The minimum atomic E-state index is -3.74. The largest absolute Gasteiger partial charge is 0.452 e. The Bertz CT molecular complexity index is 776. The first-order valence-electron chi connectivity index (χ1n) is 8.80. The molecule has 0 aliphatic heterocycles. The Hall–Kier alpha value is -1.64. The van der Waals surface area contributed by atoms with E-state index in [0.29, 0.717) is 13.1 Å². The number of nitrogens with zero attached hydrogens (tertiary/aromatic N) is 1. The highest BCUT2D eigenvalue weighted by atomic mass is 35.5. The van der Waals surface area contributed by atoms with E-state index in [4.69, 9.17) is 16.3 Å². The number of nitrogens with one attached hydrogen (secondary N) is 1. The van der Waals surface area contributed by atoms with Gasteiger partial charge in [-0.3, -0.25) is 4.79 Å². The second kappa shape index (κ2) is 10.1. The van der Waals surface area contributed by atoms with Gasteiger partial charge in [0.1, 0.15) is 0 Å². The monoisotopic (exact) mass is 418 g/mol. The van der Waals surface area contributed by atoms with Gasteiger partial charge in [0.25, 0.3) is 5.91 Å². The van der Waals surface area contributed by atoms with Gasteiger partial charge in [0, 0.05) is 19.1 Å². The molecule has 0 radical (unpaired) electrons. The summed E-state index contributed by atoms with van der Waals surface area (Å²) in [6.07, 6.45) is 0. The first-order chi connectivity index (χ1) is 12.5. The van der Waals surface area contributed by atoms with E-state index in [2.05, 4.69) is 5.32 Å². The van der Waals surface area contributed by atoms with Crippen molar-refractivity contribution in [2.24, 2.45) is 5.92 Å². The predicted molar refractivity (Wildman–Crippen MR) is 104 cm³/mol. The molecule has 27 heavy (non-hydrogen) atoms. The van der Waals surface area contributed by atoms with Crippen LogP contribution in [-0.4, -0.2) is 50.3 Å². The van der Waals surface area contributed by atoms with Crippen LogP contribution in [0.4, 0.5) is 0 Å². The molecule has 1 aromatic rings. The number of carbonyl (C=O) groups excluding carboxylic acids is 2. The summed E-state index contributed by atoms with van der Waals surface area (Å²) < 4.78 is 31.5. The van der Waals surface area contributed by atoms with Crippen molar-refractivity contribution in [3.8, 4) is 0 Å². The third-order valence-electron chi connectivity index (χ3n) is 4.22. The summed E-state index contributed by atoms with van der Waals surface area (Å²) in [4.78, 5) is 24.1. The van der Waals surface area contributed by atoms with Crippen LogP contribution in [0.3, 0.4) is 0 Å². The number of ether oxygens (including phenoxy) is 1. The zero-order chi connectivity index (χ0) is 20.8. The molecular formula is C18H27ClN2O5S. The van der Waals surface area contributed by atoms with Gasteiger partial charge in [-0.05, 0) is 31.0 Å². The van der Waals surface area contributed by atoms with Crippen molar-refractivity contribution in [3.05, 3.63) is 28.8 Å². The smallest absolute Gasteiger partial charge is 0.340 e. The van der Waals surface area contributed by atoms with E-state index < -0.39 is 28.5 Å². The highest BCUT2D eigenvalue weighted by Gasteiger charge is 2.24. The fraction of sp³-hybridized carbons (Fsp3) is 0.556. The highest BCUT2D eigenvalue weighted by Crippen LogP contribution is 2.23. The lowest BCUT2D eigenvalue weighted by atomic mass is 10.1. The quantitative estimate of drug-likeness (QED) is 0.622. The molecule has 0 saturated carbocycles. The van der Waals surface area contributed by atoms with Crippen LogP contribution in [0, 0.1) is 5.92 Å². The summed E-state index contributed by atoms with van der Waals surface area (Å²) >= 11 is 6.02. The summed E-state index contributed by atoms with van der Waals surface area (Å²) in [5, 5.41) is 2.77. The standard InChI is InChI=1S/C18H27ClN2O5S/c1-6-21(7-2)27(24,25)14-8-9-16(19)15(10-14)18(23)26-11-17(22)20-13(5)12(3)4/h8-10,12-13H,6-7,11H2,1-5H3,(H,20,22)/t13-/m1/s1. The summed E-state index contributed by atoms with van der Waals surface area (Å²) in [6, 6.07) is 3.77. The van der Waals surface area contributed by atoms with E-state index in [1.807, 2.05) is 20.8 Å². The molecule has 7 nitrogen and oxygen atoms in total. The predicted octanol–water partition coefficient (Wildman–Crippen LogP) is 2.69. The first kappa shape index (κ1) is 23.4. The fourth-order valence-electron chi connectivity index (χ4n) is 2.20. The van der Waals surface area contributed by atoms with Gasteiger partial charge in [0.15, 0.2) is 6.61 Å². The van der Waals surface area contributed by atoms with Crippen molar-refractivity contribution >= 4 is 33.5 Å². The molecule has 1 N–H and O–H groups in total. The Kier molecular flexibility index (Phi) is 8.71. The lowest BCUT2D eigenvalue weighted by Crippen LogP contribution is -2.38. The van der Waals surface area contributed by atoms with Crippen LogP contribution < -0.4 is 5.32 Å². The molecular weight excluding hydrogens is 392 g/mol.